The molecule has 1 aliphatic carbocycles. The van der Waals surface area contributed by atoms with Gasteiger partial charge in [0.2, 0.25) is 0 Å². The van der Waals surface area contributed by atoms with Gasteiger partial charge in [-0.1, -0.05) is 24.2 Å². The molecule has 1 aliphatic heterocycles. The molecule has 1 unspecified atom stereocenters. The third-order valence-corrected chi connectivity index (χ3v) is 4.00. The Morgan fingerprint density at radius 3 is 2.95 bits per heavy atom. The predicted molar refractivity (Wildman–Crippen MR) is 73.7 cm³/mol. The Balaban J connectivity index is 2.25. The zero-order valence-corrected chi connectivity index (χ0v) is 12.3. The highest BCUT2D eigenvalue weighted by Crippen LogP contribution is 2.45. The number of hydrogen-bond donors (Lipinski definition) is 0. The lowest BCUT2D eigenvalue weighted by molar-refractivity contribution is -0.110. The van der Waals surface area contributed by atoms with E-state index in [1.807, 2.05) is 0 Å². The third kappa shape index (κ3) is 2.76. The average Bonchev–Trinajstić information content (AvgIpc) is 2.76. The van der Waals surface area contributed by atoms with Crippen molar-refractivity contribution in [1.29, 1.82) is 0 Å². The van der Waals surface area contributed by atoms with Gasteiger partial charge >= 0.3 is 0 Å². The molecule has 0 bridgehead atoms. The van der Waals surface area contributed by atoms with Crippen molar-refractivity contribution in [2.24, 2.45) is 15.7 Å². The molecule has 1 atom stereocenters. The largest absolute Gasteiger partial charge is 0.399 e. The summed E-state index contributed by atoms with van der Waals surface area (Å²) in [5, 5.41) is 8.01. The molecule has 2 rings (SSSR count). The highest BCUT2D eigenvalue weighted by Gasteiger charge is 2.52. The van der Waals surface area contributed by atoms with Crippen molar-refractivity contribution in [1.82, 2.24) is 0 Å². The van der Waals surface area contributed by atoms with Crippen LogP contribution in [0.25, 0.3) is 0 Å². The lowest BCUT2D eigenvalue weighted by atomic mass is 9.67. The van der Waals surface area contributed by atoms with Crippen LogP contribution in [0.15, 0.2) is 10.3 Å². The second kappa shape index (κ2) is 5.12. The van der Waals surface area contributed by atoms with Crippen LogP contribution in [-0.4, -0.2) is 35.8 Å². The van der Waals surface area contributed by atoms with Crippen LogP contribution >= 0.6 is 11.6 Å². The molecule has 6 heteroatoms. The number of rotatable bonds is 3. The number of carbonyl (C=O) groups is 1. The first-order valence-electron chi connectivity index (χ1n) is 6.37. The van der Waals surface area contributed by atoms with Gasteiger partial charge in [0.05, 0.1) is 5.88 Å². The van der Waals surface area contributed by atoms with Gasteiger partial charge in [-0.05, 0) is 18.3 Å². The van der Waals surface area contributed by atoms with Gasteiger partial charge in [-0.25, -0.2) is 0 Å². The Bertz CT molecular complexity index is 445. The molecule has 0 aromatic rings. The average molecular weight is 287 g/mol. The Morgan fingerprint density at radius 1 is 1.58 bits per heavy atom. The topological polar surface area (TPSA) is 60.2 Å². The molecule has 1 heterocycles. The van der Waals surface area contributed by atoms with Crippen LogP contribution in [0, 0.1) is 5.41 Å². The normalized spacial score (nSPS) is 31.2. The van der Waals surface area contributed by atoms with E-state index in [0.29, 0.717) is 12.1 Å². The van der Waals surface area contributed by atoms with E-state index in [1.165, 1.54) is 7.11 Å². The SMILES string of the molecule is CON=C1CCC(C)(C)CC12CC(C(=O)CCl)=NO2. The number of halogens is 1. The van der Waals surface area contributed by atoms with Gasteiger partial charge in [0.15, 0.2) is 11.4 Å². The van der Waals surface area contributed by atoms with Crippen molar-refractivity contribution < 1.29 is 14.5 Å². The highest BCUT2D eigenvalue weighted by atomic mass is 35.5. The Hall–Kier alpha value is -1.10. The van der Waals surface area contributed by atoms with Gasteiger partial charge in [-0.2, -0.15) is 0 Å². The summed E-state index contributed by atoms with van der Waals surface area (Å²) in [7, 11) is 1.51. The molecule has 19 heavy (non-hydrogen) atoms. The molecule has 1 fully saturated rings. The second-order valence-corrected chi connectivity index (χ2v) is 6.19. The van der Waals surface area contributed by atoms with Gasteiger partial charge in [0.25, 0.3) is 0 Å². The van der Waals surface area contributed by atoms with Crippen molar-refractivity contribution in [2.75, 3.05) is 13.0 Å². The molecule has 0 radical (unpaired) electrons. The zero-order chi connectivity index (χ0) is 14.1. The van der Waals surface area contributed by atoms with E-state index >= 15 is 0 Å². The first-order valence-corrected chi connectivity index (χ1v) is 6.91. The van der Waals surface area contributed by atoms with Crippen LogP contribution < -0.4 is 0 Å². The molecule has 1 spiro atoms. The van der Waals surface area contributed by atoms with Crippen LogP contribution in [0.3, 0.4) is 0 Å². The van der Waals surface area contributed by atoms with Crippen molar-refractivity contribution in [2.45, 2.75) is 45.1 Å². The molecular weight excluding hydrogens is 268 g/mol. The highest BCUT2D eigenvalue weighted by molar-refractivity contribution is 6.49. The van der Waals surface area contributed by atoms with Crippen molar-refractivity contribution in [3.8, 4) is 0 Å². The van der Waals surface area contributed by atoms with E-state index in [2.05, 4.69) is 24.2 Å². The molecule has 5 nitrogen and oxygen atoms in total. The summed E-state index contributed by atoms with van der Waals surface area (Å²) >= 11 is 5.57. The van der Waals surface area contributed by atoms with E-state index in [0.717, 1.165) is 25.0 Å². The number of oxime groups is 2. The molecular formula is C13H19ClN2O3. The molecule has 0 saturated heterocycles. The molecule has 106 valence electrons. The van der Waals surface area contributed by atoms with Crippen molar-refractivity contribution in [3.63, 3.8) is 0 Å². The Kier molecular flexibility index (Phi) is 3.85. The van der Waals surface area contributed by atoms with E-state index in [4.69, 9.17) is 21.3 Å². The van der Waals surface area contributed by atoms with Crippen molar-refractivity contribution in [3.05, 3.63) is 0 Å². The first-order chi connectivity index (χ1) is 8.92. The maximum atomic E-state index is 11.7. The Morgan fingerprint density at radius 2 is 2.32 bits per heavy atom. The fourth-order valence-corrected chi connectivity index (χ4v) is 2.99. The van der Waals surface area contributed by atoms with Gasteiger partial charge in [0, 0.05) is 12.8 Å². The predicted octanol–water partition coefficient (Wildman–Crippen LogP) is 2.52. The standard InChI is InChI=1S/C13H19ClN2O3/c1-12(2)5-4-11(16-18-3)13(8-12)6-9(15-19-13)10(17)7-14/h4-8H2,1-3H3. The van der Waals surface area contributed by atoms with Crippen LogP contribution in [0.4, 0.5) is 0 Å². The maximum absolute atomic E-state index is 11.7. The minimum atomic E-state index is -0.630. The molecule has 0 N–H and O–H groups in total. The van der Waals surface area contributed by atoms with E-state index < -0.39 is 5.60 Å². The number of hydrogen-bond acceptors (Lipinski definition) is 5. The second-order valence-electron chi connectivity index (χ2n) is 5.92. The summed E-state index contributed by atoms with van der Waals surface area (Å²) in [6.45, 7) is 4.37. The fourth-order valence-electron chi connectivity index (χ4n) is 2.84. The van der Waals surface area contributed by atoms with Crippen LogP contribution in [0.5, 0.6) is 0 Å². The molecule has 2 aliphatic rings. The van der Waals surface area contributed by atoms with Crippen LogP contribution in [-0.2, 0) is 14.5 Å². The minimum absolute atomic E-state index is 0.0710. The summed E-state index contributed by atoms with van der Waals surface area (Å²) in [5.74, 6) is -0.253. The number of nitrogens with zero attached hydrogens (tertiary/aromatic N) is 2. The van der Waals surface area contributed by atoms with Crippen LogP contribution in [0.2, 0.25) is 0 Å². The van der Waals surface area contributed by atoms with Crippen molar-refractivity contribution >= 4 is 28.8 Å². The third-order valence-electron chi connectivity index (χ3n) is 3.76. The smallest absolute Gasteiger partial charge is 0.195 e. The summed E-state index contributed by atoms with van der Waals surface area (Å²) in [4.78, 5) is 22.2. The van der Waals surface area contributed by atoms with E-state index in [1.54, 1.807) is 0 Å². The van der Waals surface area contributed by atoms with Gasteiger partial charge < -0.3 is 9.68 Å². The van der Waals surface area contributed by atoms with Gasteiger partial charge in [-0.3, -0.25) is 4.79 Å². The zero-order valence-electron chi connectivity index (χ0n) is 11.5. The number of carbonyl (C=O) groups excluding carboxylic acids is 1. The monoisotopic (exact) mass is 286 g/mol. The summed E-state index contributed by atoms with van der Waals surface area (Å²) in [6.07, 6.45) is 3.01. The number of ketones is 1. The van der Waals surface area contributed by atoms with E-state index in [9.17, 15) is 4.79 Å². The fraction of sp³-hybridized carbons (Fsp3) is 0.769. The number of alkyl halides is 1. The quantitative estimate of drug-likeness (QED) is 0.592. The first kappa shape index (κ1) is 14.3. The van der Waals surface area contributed by atoms with E-state index in [-0.39, 0.29) is 17.1 Å². The lowest BCUT2D eigenvalue weighted by Gasteiger charge is -2.40. The van der Waals surface area contributed by atoms with Gasteiger partial charge in [-0.15, -0.1) is 11.6 Å². The molecule has 0 amide bonds. The summed E-state index contributed by atoms with van der Waals surface area (Å²) < 4.78 is 0. The van der Waals surface area contributed by atoms with Gasteiger partial charge in [0.1, 0.15) is 18.5 Å². The minimum Gasteiger partial charge on any atom is -0.399 e. The molecule has 0 aromatic carbocycles. The Labute approximate surface area is 117 Å². The summed E-state index contributed by atoms with van der Waals surface area (Å²) in [5.41, 5.74) is 0.725. The summed E-state index contributed by atoms with van der Waals surface area (Å²) in [6, 6.07) is 0. The molecule has 0 aromatic heterocycles. The maximum Gasteiger partial charge on any atom is 0.195 e. The van der Waals surface area contributed by atoms with Crippen LogP contribution in [0.1, 0.15) is 39.5 Å². The lowest BCUT2D eigenvalue weighted by Crippen LogP contribution is -2.47. The number of Topliss-reactive ketones (excluding diaryl/α,β-unsaturated/α-hetero) is 1. The molecule has 1 saturated carbocycles.